The molecule has 2 aromatic carbocycles. The van der Waals surface area contributed by atoms with Gasteiger partial charge in [-0.2, -0.15) is 0 Å². The van der Waals surface area contributed by atoms with Crippen LogP contribution in [0.1, 0.15) is 33.7 Å². The third-order valence-electron chi connectivity index (χ3n) is 3.75. The highest BCUT2D eigenvalue weighted by atomic mass is 16.4. The maximum Gasteiger partial charge on any atom is 0.311 e. The Morgan fingerprint density at radius 2 is 1.80 bits per heavy atom. The van der Waals surface area contributed by atoms with Crippen LogP contribution in [0.15, 0.2) is 42.5 Å². The number of carboxylic acids is 1. The first-order valence-electron chi connectivity index (χ1n) is 6.83. The van der Waals surface area contributed by atoms with Gasteiger partial charge in [-0.15, -0.1) is 0 Å². The number of rotatable bonds is 4. The van der Waals surface area contributed by atoms with Gasteiger partial charge in [0, 0.05) is 0 Å². The second kappa shape index (κ2) is 5.91. The van der Waals surface area contributed by atoms with E-state index in [-0.39, 0.29) is 0 Å². The molecule has 0 heterocycles. The molecule has 0 aliphatic carbocycles. The van der Waals surface area contributed by atoms with E-state index in [1.165, 1.54) is 11.1 Å². The van der Waals surface area contributed by atoms with Crippen molar-refractivity contribution in [3.05, 3.63) is 70.3 Å². The zero-order valence-corrected chi connectivity index (χ0v) is 12.2. The molecule has 0 aromatic heterocycles. The Bertz CT molecular complexity index is 629. The fourth-order valence-electron chi connectivity index (χ4n) is 2.40. The van der Waals surface area contributed by atoms with E-state index < -0.39 is 11.9 Å². The van der Waals surface area contributed by atoms with Crippen molar-refractivity contribution in [3.8, 4) is 0 Å². The molecular weight excluding hydrogens is 248 g/mol. The number of aliphatic carboxylic acids is 1. The molecule has 0 spiro atoms. The van der Waals surface area contributed by atoms with Gasteiger partial charge in [-0.05, 0) is 49.4 Å². The molecule has 1 N–H and O–H groups in total. The fourth-order valence-corrected chi connectivity index (χ4v) is 2.40. The SMILES string of the molecule is Cc1cccc(C(Cc2ccc(C)c(C)c2)C(=O)O)c1. The molecule has 0 bridgehead atoms. The van der Waals surface area contributed by atoms with E-state index in [1.807, 2.05) is 37.3 Å². The van der Waals surface area contributed by atoms with Crippen molar-refractivity contribution < 1.29 is 9.90 Å². The monoisotopic (exact) mass is 268 g/mol. The van der Waals surface area contributed by atoms with Crippen molar-refractivity contribution in [2.45, 2.75) is 33.1 Å². The number of carboxylic acid groups (broad SMARTS) is 1. The predicted molar refractivity (Wildman–Crippen MR) is 81.2 cm³/mol. The van der Waals surface area contributed by atoms with E-state index in [0.717, 1.165) is 16.7 Å². The van der Waals surface area contributed by atoms with E-state index in [2.05, 4.69) is 26.0 Å². The van der Waals surface area contributed by atoms with Gasteiger partial charge in [0.2, 0.25) is 0 Å². The molecule has 104 valence electrons. The highest BCUT2D eigenvalue weighted by Crippen LogP contribution is 2.23. The molecule has 0 saturated heterocycles. The minimum Gasteiger partial charge on any atom is -0.481 e. The second-order valence-corrected chi connectivity index (χ2v) is 5.43. The normalized spacial score (nSPS) is 12.2. The molecule has 2 nitrogen and oxygen atoms in total. The van der Waals surface area contributed by atoms with E-state index in [0.29, 0.717) is 6.42 Å². The zero-order chi connectivity index (χ0) is 14.7. The summed E-state index contributed by atoms with van der Waals surface area (Å²) in [4.78, 5) is 11.6. The summed E-state index contributed by atoms with van der Waals surface area (Å²) in [6, 6.07) is 13.9. The molecule has 0 aliphatic heterocycles. The highest BCUT2D eigenvalue weighted by molar-refractivity contribution is 5.76. The number of hydrogen-bond donors (Lipinski definition) is 1. The fraction of sp³-hybridized carbons (Fsp3) is 0.278. The quantitative estimate of drug-likeness (QED) is 0.909. The lowest BCUT2D eigenvalue weighted by atomic mass is 9.90. The van der Waals surface area contributed by atoms with Gasteiger partial charge in [0.25, 0.3) is 0 Å². The lowest BCUT2D eigenvalue weighted by Crippen LogP contribution is -2.14. The molecule has 2 rings (SSSR count). The molecule has 0 aliphatic rings. The number of hydrogen-bond acceptors (Lipinski definition) is 1. The summed E-state index contributed by atoms with van der Waals surface area (Å²) in [7, 11) is 0. The van der Waals surface area contributed by atoms with Crippen molar-refractivity contribution >= 4 is 5.97 Å². The van der Waals surface area contributed by atoms with Crippen LogP contribution in [0.4, 0.5) is 0 Å². The number of aryl methyl sites for hydroxylation is 3. The van der Waals surface area contributed by atoms with E-state index in [4.69, 9.17) is 0 Å². The summed E-state index contributed by atoms with van der Waals surface area (Å²) in [5, 5.41) is 9.50. The first kappa shape index (κ1) is 14.3. The molecule has 1 unspecified atom stereocenters. The van der Waals surface area contributed by atoms with Crippen LogP contribution >= 0.6 is 0 Å². The van der Waals surface area contributed by atoms with Crippen LogP contribution in [0.25, 0.3) is 0 Å². The highest BCUT2D eigenvalue weighted by Gasteiger charge is 2.20. The number of carbonyl (C=O) groups is 1. The molecule has 1 atom stereocenters. The van der Waals surface area contributed by atoms with Crippen LogP contribution in [0.5, 0.6) is 0 Å². The third kappa shape index (κ3) is 3.27. The van der Waals surface area contributed by atoms with Crippen LogP contribution in [0, 0.1) is 20.8 Å². The lowest BCUT2D eigenvalue weighted by molar-refractivity contribution is -0.138. The van der Waals surface area contributed by atoms with E-state index in [9.17, 15) is 9.90 Å². The lowest BCUT2D eigenvalue weighted by Gasteiger charge is -2.14. The summed E-state index contributed by atoms with van der Waals surface area (Å²) < 4.78 is 0. The van der Waals surface area contributed by atoms with Gasteiger partial charge in [0.15, 0.2) is 0 Å². The second-order valence-electron chi connectivity index (χ2n) is 5.43. The Labute approximate surface area is 120 Å². The Morgan fingerprint density at radius 3 is 2.40 bits per heavy atom. The van der Waals surface area contributed by atoms with Crippen LogP contribution in [0.2, 0.25) is 0 Å². The van der Waals surface area contributed by atoms with Crippen molar-refractivity contribution in [2.24, 2.45) is 0 Å². The summed E-state index contributed by atoms with van der Waals surface area (Å²) >= 11 is 0. The maximum atomic E-state index is 11.6. The van der Waals surface area contributed by atoms with Gasteiger partial charge in [0.05, 0.1) is 5.92 Å². The first-order valence-corrected chi connectivity index (χ1v) is 6.83. The Kier molecular flexibility index (Phi) is 4.23. The Hall–Kier alpha value is -2.09. The molecular formula is C18H20O2. The van der Waals surface area contributed by atoms with Gasteiger partial charge in [-0.3, -0.25) is 4.79 Å². The Balaban J connectivity index is 2.30. The molecule has 0 amide bonds. The average molecular weight is 268 g/mol. The average Bonchev–Trinajstić information content (AvgIpc) is 2.39. The van der Waals surface area contributed by atoms with Crippen molar-refractivity contribution in [2.75, 3.05) is 0 Å². The van der Waals surface area contributed by atoms with Gasteiger partial charge < -0.3 is 5.11 Å². The zero-order valence-electron chi connectivity index (χ0n) is 12.2. The molecule has 2 heteroatoms. The third-order valence-corrected chi connectivity index (χ3v) is 3.75. The molecule has 0 fully saturated rings. The van der Waals surface area contributed by atoms with Crippen molar-refractivity contribution in [1.82, 2.24) is 0 Å². The topological polar surface area (TPSA) is 37.3 Å². The summed E-state index contributed by atoms with van der Waals surface area (Å²) in [5.41, 5.74) is 5.47. The Morgan fingerprint density at radius 1 is 1.05 bits per heavy atom. The van der Waals surface area contributed by atoms with Crippen LogP contribution in [0.3, 0.4) is 0 Å². The number of benzene rings is 2. The summed E-state index contributed by atoms with van der Waals surface area (Å²) in [6.45, 7) is 6.11. The van der Waals surface area contributed by atoms with E-state index in [1.54, 1.807) is 0 Å². The van der Waals surface area contributed by atoms with Crippen LogP contribution in [-0.2, 0) is 11.2 Å². The largest absolute Gasteiger partial charge is 0.481 e. The van der Waals surface area contributed by atoms with Crippen molar-refractivity contribution in [1.29, 1.82) is 0 Å². The van der Waals surface area contributed by atoms with Gasteiger partial charge in [0.1, 0.15) is 0 Å². The summed E-state index contributed by atoms with van der Waals surface area (Å²) in [5.74, 6) is -1.26. The van der Waals surface area contributed by atoms with Crippen LogP contribution in [-0.4, -0.2) is 11.1 Å². The van der Waals surface area contributed by atoms with Crippen LogP contribution < -0.4 is 0 Å². The van der Waals surface area contributed by atoms with Crippen molar-refractivity contribution in [3.63, 3.8) is 0 Å². The molecule has 20 heavy (non-hydrogen) atoms. The maximum absolute atomic E-state index is 11.6. The minimum atomic E-state index is -0.770. The summed E-state index contributed by atoms with van der Waals surface area (Å²) in [6.07, 6.45) is 0.528. The smallest absolute Gasteiger partial charge is 0.311 e. The first-order chi connectivity index (χ1) is 9.47. The standard InChI is InChI=1S/C18H20O2/c1-12-5-4-6-16(9-12)17(18(19)20)11-15-8-7-13(2)14(3)10-15/h4-10,17H,11H2,1-3H3,(H,19,20). The van der Waals surface area contributed by atoms with Gasteiger partial charge >= 0.3 is 5.97 Å². The van der Waals surface area contributed by atoms with Gasteiger partial charge in [-0.25, -0.2) is 0 Å². The van der Waals surface area contributed by atoms with E-state index >= 15 is 0 Å². The molecule has 2 aromatic rings. The molecule has 0 radical (unpaired) electrons. The van der Waals surface area contributed by atoms with Gasteiger partial charge in [-0.1, -0.05) is 48.0 Å². The predicted octanol–water partition coefficient (Wildman–Crippen LogP) is 4.02. The molecule has 0 saturated carbocycles. The minimum absolute atomic E-state index is 0.489.